The van der Waals surface area contributed by atoms with Gasteiger partial charge in [-0.05, 0) is 20.9 Å². The van der Waals surface area contributed by atoms with Gasteiger partial charge in [-0.1, -0.05) is 0 Å². The molecule has 0 atom stereocenters. The Morgan fingerprint density at radius 2 is 2.33 bits per heavy atom. The van der Waals surface area contributed by atoms with E-state index in [1.54, 1.807) is 0 Å². The molecule has 15 heavy (non-hydrogen) atoms. The molecule has 4 nitrogen and oxygen atoms in total. The number of hydrogen-bond donors (Lipinski definition) is 2. The lowest BCUT2D eigenvalue weighted by molar-refractivity contribution is 0.497. The number of nitrogens with zero attached hydrogens (tertiary/aromatic N) is 2. The molecule has 0 bridgehead atoms. The highest BCUT2D eigenvalue weighted by Gasteiger charge is 2.20. The molecule has 84 valence electrons. The first kappa shape index (κ1) is 10.6. The monoisotopic (exact) mass is 208 g/mol. The maximum Gasteiger partial charge on any atom is 0.0685 e. The van der Waals surface area contributed by atoms with Crippen molar-refractivity contribution in [1.82, 2.24) is 20.4 Å². The second kappa shape index (κ2) is 4.33. The van der Waals surface area contributed by atoms with Crippen molar-refractivity contribution in [3.05, 3.63) is 17.0 Å². The molecular formula is C11H20N4. The summed E-state index contributed by atoms with van der Waals surface area (Å²) in [7, 11) is 1.99. The number of nitrogens with one attached hydrogen (secondary N) is 2. The molecule has 0 fully saturated rings. The Labute approximate surface area is 91.1 Å². The summed E-state index contributed by atoms with van der Waals surface area (Å²) in [5, 5.41) is 11.3. The van der Waals surface area contributed by atoms with Gasteiger partial charge in [0.05, 0.1) is 11.4 Å². The fourth-order valence-electron chi connectivity index (χ4n) is 2.16. The van der Waals surface area contributed by atoms with Gasteiger partial charge in [0.2, 0.25) is 0 Å². The van der Waals surface area contributed by atoms with Crippen LogP contribution in [0.25, 0.3) is 0 Å². The lowest BCUT2D eigenvalue weighted by Crippen LogP contribution is -2.24. The van der Waals surface area contributed by atoms with Crippen LogP contribution in [0.3, 0.4) is 0 Å². The van der Waals surface area contributed by atoms with E-state index in [9.17, 15) is 0 Å². The Morgan fingerprint density at radius 1 is 1.53 bits per heavy atom. The third-order valence-electron chi connectivity index (χ3n) is 2.88. The van der Waals surface area contributed by atoms with E-state index < -0.39 is 0 Å². The van der Waals surface area contributed by atoms with Crippen molar-refractivity contribution in [3.8, 4) is 0 Å². The van der Waals surface area contributed by atoms with Crippen LogP contribution in [-0.4, -0.2) is 23.4 Å². The molecule has 0 unspecified atom stereocenters. The Balaban J connectivity index is 2.41. The number of rotatable bonds is 3. The molecule has 0 saturated carbocycles. The normalized spacial score (nSPS) is 15.7. The zero-order valence-corrected chi connectivity index (χ0v) is 9.80. The van der Waals surface area contributed by atoms with Crippen LogP contribution in [0, 0.1) is 0 Å². The van der Waals surface area contributed by atoms with Crippen LogP contribution in [0.1, 0.15) is 36.8 Å². The first-order valence-electron chi connectivity index (χ1n) is 5.68. The third-order valence-corrected chi connectivity index (χ3v) is 2.88. The molecule has 0 radical (unpaired) electrons. The van der Waals surface area contributed by atoms with Crippen molar-refractivity contribution < 1.29 is 0 Å². The quantitative estimate of drug-likeness (QED) is 0.773. The minimum atomic E-state index is 0.443. The standard InChI is InChI=1S/C11H20N4/c1-8(2)15-11(7-12-3)9-6-13-5-4-10(9)14-15/h8,12-13H,4-7H2,1-3H3. The van der Waals surface area contributed by atoms with Crippen molar-refractivity contribution in [1.29, 1.82) is 0 Å². The highest BCUT2D eigenvalue weighted by Crippen LogP contribution is 2.21. The van der Waals surface area contributed by atoms with Gasteiger partial charge < -0.3 is 10.6 Å². The molecule has 1 aromatic heterocycles. The SMILES string of the molecule is CNCc1c2c(nn1C(C)C)CCNC2. The molecule has 0 aromatic carbocycles. The van der Waals surface area contributed by atoms with Crippen LogP contribution in [0.4, 0.5) is 0 Å². The maximum atomic E-state index is 4.71. The molecule has 0 spiro atoms. The molecule has 4 heteroatoms. The zero-order chi connectivity index (χ0) is 10.8. The molecule has 0 amide bonds. The van der Waals surface area contributed by atoms with Crippen molar-refractivity contribution in [3.63, 3.8) is 0 Å². The van der Waals surface area contributed by atoms with Gasteiger partial charge in [-0.15, -0.1) is 0 Å². The predicted octanol–water partition coefficient (Wildman–Crippen LogP) is 0.829. The second-order valence-electron chi connectivity index (χ2n) is 4.37. The molecule has 2 rings (SSSR count). The van der Waals surface area contributed by atoms with E-state index in [0.29, 0.717) is 6.04 Å². The summed E-state index contributed by atoms with van der Waals surface area (Å²) in [6, 6.07) is 0.443. The summed E-state index contributed by atoms with van der Waals surface area (Å²) >= 11 is 0. The summed E-state index contributed by atoms with van der Waals surface area (Å²) in [4.78, 5) is 0. The fourth-order valence-corrected chi connectivity index (χ4v) is 2.16. The highest BCUT2D eigenvalue weighted by molar-refractivity contribution is 5.29. The van der Waals surface area contributed by atoms with Crippen molar-refractivity contribution in [2.45, 2.75) is 39.4 Å². The van der Waals surface area contributed by atoms with E-state index >= 15 is 0 Å². The molecule has 1 aromatic rings. The number of fused-ring (bicyclic) bond motifs is 1. The van der Waals surface area contributed by atoms with E-state index in [0.717, 1.165) is 26.1 Å². The minimum Gasteiger partial charge on any atom is -0.314 e. The summed E-state index contributed by atoms with van der Waals surface area (Å²) in [5.74, 6) is 0. The molecule has 2 N–H and O–H groups in total. The lowest BCUT2D eigenvalue weighted by atomic mass is 10.1. The number of hydrogen-bond acceptors (Lipinski definition) is 3. The molecule has 1 aliphatic heterocycles. The van der Waals surface area contributed by atoms with Crippen LogP contribution < -0.4 is 10.6 Å². The first-order chi connectivity index (χ1) is 7.24. The van der Waals surface area contributed by atoms with E-state index in [2.05, 4.69) is 29.2 Å². The molecular weight excluding hydrogens is 188 g/mol. The van der Waals surface area contributed by atoms with E-state index in [-0.39, 0.29) is 0 Å². The molecule has 2 heterocycles. The van der Waals surface area contributed by atoms with Gasteiger partial charge in [0.25, 0.3) is 0 Å². The molecule has 1 aliphatic rings. The Morgan fingerprint density at radius 3 is 3.00 bits per heavy atom. The zero-order valence-electron chi connectivity index (χ0n) is 9.80. The molecule has 0 saturated heterocycles. The molecule has 0 aliphatic carbocycles. The second-order valence-corrected chi connectivity index (χ2v) is 4.37. The fraction of sp³-hybridized carbons (Fsp3) is 0.727. The van der Waals surface area contributed by atoms with Gasteiger partial charge in [-0.3, -0.25) is 4.68 Å². The summed E-state index contributed by atoms with van der Waals surface area (Å²) in [6.45, 7) is 7.30. The smallest absolute Gasteiger partial charge is 0.0685 e. The van der Waals surface area contributed by atoms with Crippen LogP contribution in [0.15, 0.2) is 0 Å². The summed E-state index contributed by atoms with van der Waals surface area (Å²) in [6.07, 6.45) is 1.06. The first-order valence-corrected chi connectivity index (χ1v) is 5.68. The van der Waals surface area contributed by atoms with Crippen LogP contribution in [0.5, 0.6) is 0 Å². The van der Waals surface area contributed by atoms with Gasteiger partial charge in [0.1, 0.15) is 0 Å². The maximum absolute atomic E-state index is 4.71. The van der Waals surface area contributed by atoms with Crippen LogP contribution in [0.2, 0.25) is 0 Å². The number of aromatic nitrogens is 2. The topological polar surface area (TPSA) is 41.9 Å². The van der Waals surface area contributed by atoms with Gasteiger partial charge in [0.15, 0.2) is 0 Å². The Bertz CT molecular complexity index is 341. The largest absolute Gasteiger partial charge is 0.314 e. The van der Waals surface area contributed by atoms with Gasteiger partial charge >= 0.3 is 0 Å². The average Bonchev–Trinajstić information content (AvgIpc) is 2.58. The van der Waals surface area contributed by atoms with Crippen molar-refractivity contribution >= 4 is 0 Å². The van der Waals surface area contributed by atoms with E-state index in [4.69, 9.17) is 5.10 Å². The predicted molar refractivity (Wildman–Crippen MR) is 60.8 cm³/mol. The van der Waals surface area contributed by atoms with E-state index in [1.807, 2.05) is 7.05 Å². The summed E-state index contributed by atoms with van der Waals surface area (Å²) < 4.78 is 2.16. The minimum absolute atomic E-state index is 0.443. The third kappa shape index (κ3) is 1.92. The van der Waals surface area contributed by atoms with Gasteiger partial charge in [-0.25, -0.2) is 0 Å². The van der Waals surface area contributed by atoms with Crippen molar-refractivity contribution in [2.24, 2.45) is 0 Å². The highest BCUT2D eigenvalue weighted by atomic mass is 15.3. The van der Waals surface area contributed by atoms with Gasteiger partial charge in [-0.2, -0.15) is 5.10 Å². The van der Waals surface area contributed by atoms with E-state index in [1.165, 1.54) is 17.0 Å². The van der Waals surface area contributed by atoms with Crippen molar-refractivity contribution in [2.75, 3.05) is 13.6 Å². The lowest BCUT2D eigenvalue weighted by Gasteiger charge is -2.14. The summed E-state index contributed by atoms with van der Waals surface area (Å²) in [5.41, 5.74) is 4.03. The average molecular weight is 208 g/mol. The Hall–Kier alpha value is -0.870. The van der Waals surface area contributed by atoms with Crippen LogP contribution >= 0.6 is 0 Å². The van der Waals surface area contributed by atoms with Gasteiger partial charge in [0, 0.05) is 37.7 Å². The van der Waals surface area contributed by atoms with Crippen LogP contribution in [-0.2, 0) is 19.5 Å². The Kier molecular flexibility index (Phi) is 3.07.